The molecule has 132 valence electrons. The van der Waals surface area contributed by atoms with Crippen molar-refractivity contribution in [1.29, 1.82) is 0 Å². The number of hydrogen-bond donors (Lipinski definition) is 2. The first-order valence-electron chi connectivity index (χ1n) is 8.78. The van der Waals surface area contributed by atoms with E-state index in [-0.39, 0.29) is 5.78 Å². The second-order valence-corrected chi connectivity index (χ2v) is 6.45. The molecule has 0 saturated carbocycles. The summed E-state index contributed by atoms with van der Waals surface area (Å²) in [7, 11) is 0. The third kappa shape index (κ3) is 4.51. The molecule has 0 unspecified atom stereocenters. The number of anilines is 2. The topological polar surface area (TPSA) is 81.6 Å². The number of rotatable bonds is 7. The fourth-order valence-corrected chi connectivity index (χ4v) is 3.09. The number of nitrogens with two attached hydrogens (primary N) is 2. The standard InChI is InChI=1S/C20H25N3O2/c21-18-8-7-16(14-19(18)22)20(24)15-5-3-6-17(13-15)25-12-4-11-23-9-1-2-10-23/h3,5-8,13-14H,1-2,4,9-12,21-22H2. The molecular weight excluding hydrogens is 314 g/mol. The van der Waals surface area contributed by atoms with E-state index in [1.165, 1.54) is 25.9 Å². The van der Waals surface area contributed by atoms with Gasteiger partial charge in [-0.25, -0.2) is 0 Å². The number of carbonyl (C=O) groups is 1. The highest BCUT2D eigenvalue weighted by Crippen LogP contribution is 2.21. The smallest absolute Gasteiger partial charge is 0.193 e. The quantitative estimate of drug-likeness (QED) is 0.460. The summed E-state index contributed by atoms with van der Waals surface area (Å²) in [6.45, 7) is 4.13. The van der Waals surface area contributed by atoms with Crippen LogP contribution in [0.5, 0.6) is 5.75 Å². The molecule has 0 spiro atoms. The van der Waals surface area contributed by atoms with Crippen molar-refractivity contribution in [3.05, 3.63) is 53.6 Å². The Morgan fingerprint density at radius 1 is 1.00 bits per heavy atom. The van der Waals surface area contributed by atoms with Crippen LogP contribution < -0.4 is 16.2 Å². The van der Waals surface area contributed by atoms with E-state index in [1.807, 2.05) is 12.1 Å². The van der Waals surface area contributed by atoms with Gasteiger partial charge in [0.15, 0.2) is 5.78 Å². The zero-order chi connectivity index (χ0) is 17.6. The highest BCUT2D eigenvalue weighted by Gasteiger charge is 2.12. The third-order valence-electron chi connectivity index (χ3n) is 4.53. The summed E-state index contributed by atoms with van der Waals surface area (Å²) in [5, 5.41) is 0. The van der Waals surface area contributed by atoms with E-state index in [2.05, 4.69) is 4.90 Å². The highest BCUT2D eigenvalue weighted by molar-refractivity contribution is 6.10. The first-order chi connectivity index (χ1) is 12.1. The Hall–Kier alpha value is -2.53. The summed E-state index contributed by atoms with van der Waals surface area (Å²) < 4.78 is 5.81. The van der Waals surface area contributed by atoms with Gasteiger partial charge in [-0.2, -0.15) is 0 Å². The van der Waals surface area contributed by atoms with Gasteiger partial charge in [0.05, 0.1) is 18.0 Å². The Morgan fingerprint density at radius 2 is 1.76 bits per heavy atom. The molecule has 1 aliphatic heterocycles. The molecule has 2 aromatic rings. The maximum atomic E-state index is 12.6. The Bertz CT molecular complexity index is 739. The molecule has 1 aliphatic rings. The largest absolute Gasteiger partial charge is 0.494 e. The van der Waals surface area contributed by atoms with Crippen LogP contribution in [0.25, 0.3) is 0 Å². The van der Waals surface area contributed by atoms with Crippen molar-refractivity contribution in [2.24, 2.45) is 0 Å². The predicted molar refractivity (Wildman–Crippen MR) is 101 cm³/mol. The van der Waals surface area contributed by atoms with Crippen molar-refractivity contribution >= 4 is 17.2 Å². The van der Waals surface area contributed by atoms with E-state index < -0.39 is 0 Å². The van der Waals surface area contributed by atoms with Crippen molar-refractivity contribution in [2.75, 3.05) is 37.7 Å². The van der Waals surface area contributed by atoms with E-state index >= 15 is 0 Å². The summed E-state index contributed by atoms with van der Waals surface area (Å²) >= 11 is 0. The average molecular weight is 339 g/mol. The Labute approximate surface area is 148 Å². The zero-order valence-electron chi connectivity index (χ0n) is 14.4. The van der Waals surface area contributed by atoms with Gasteiger partial charge >= 0.3 is 0 Å². The van der Waals surface area contributed by atoms with Gasteiger partial charge in [-0.15, -0.1) is 0 Å². The SMILES string of the molecule is Nc1ccc(C(=O)c2cccc(OCCCN3CCCC3)c2)cc1N. The van der Waals surface area contributed by atoms with Gasteiger partial charge in [0.1, 0.15) is 5.75 Å². The van der Waals surface area contributed by atoms with Crippen molar-refractivity contribution in [3.63, 3.8) is 0 Å². The van der Waals surface area contributed by atoms with Gasteiger partial charge in [-0.1, -0.05) is 12.1 Å². The van der Waals surface area contributed by atoms with E-state index in [4.69, 9.17) is 16.2 Å². The Morgan fingerprint density at radius 3 is 2.52 bits per heavy atom. The number of ketones is 1. The lowest BCUT2D eigenvalue weighted by Gasteiger charge is -2.14. The number of likely N-dealkylation sites (tertiary alicyclic amines) is 1. The van der Waals surface area contributed by atoms with Gasteiger partial charge in [0.2, 0.25) is 0 Å². The molecule has 0 radical (unpaired) electrons. The van der Waals surface area contributed by atoms with Crippen LogP contribution >= 0.6 is 0 Å². The van der Waals surface area contributed by atoms with E-state index in [0.717, 1.165) is 18.7 Å². The molecule has 3 rings (SSSR count). The minimum Gasteiger partial charge on any atom is -0.494 e. The number of ether oxygens (including phenoxy) is 1. The number of benzene rings is 2. The van der Waals surface area contributed by atoms with Gasteiger partial charge in [-0.3, -0.25) is 4.79 Å². The van der Waals surface area contributed by atoms with Gasteiger partial charge in [-0.05, 0) is 62.7 Å². The molecular formula is C20H25N3O2. The zero-order valence-corrected chi connectivity index (χ0v) is 14.4. The van der Waals surface area contributed by atoms with E-state index in [0.29, 0.717) is 29.1 Å². The predicted octanol–water partition coefficient (Wildman–Crippen LogP) is 2.95. The molecule has 25 heavy (non-hydrogen) atoms. The first kappa shape index (κ1) is 17.3. The van der Waals surface area contributed by atoms with Crippen LogP contribution in [0, 0.1) is 0 Å². The summed E-state index contributed by atoms with van der Waals surface area (Å²) in [6.07, 6.45) is 3.61. The maximum absolute atomic E-state index is 12.6. The van der Waals surface area contributed by atoms with Crippen molar-refractivity contribution in [2.45, 2.75) is 19.3 Å². The van der Waals surface area contributed by atoms with Crippen LogP contribution in [-0.2, 0) is 0 Å². The Kier molecular flexibility index (Phi) is 5.56. The lowest BCUT2D eigenvalue weighted by atomic mass is 10.0. The van der Waals surface area contributed by atoms with Crippen molar-refractivity contribution < 1.29 is 9.53 Å². The Balaban J connectivity index is 1.58. The number of nitrogen functional groups attached to an aromatic ring is 2. The van der Waals surface area contributed by atoms with E-state index in [1.54, 1.807) is 30.3 Å². The average Bonchev–Trinajstić information content (AvgIpc) is 3.14. The molecule has 1 saturated heterocycles. The van der Waals surface area contributed by atoms with Gasteiger partial charge < -0.3 is 21.1 Å². The summed E-state index contributed by atoms with van der Waals surface area (Å²) in [5.74, 6) is 0.630. The lowest BCUT2D eigenvalue weighted by Crippen LogP contribution is -2.21. The number of hydrogen-bond acceptors (Lipinski definition) is 5. The monoisotopic (exact) mass is 339 g/mol. The normalized spacial score (nSPS) is 14.6. The highest BCUT2D eigenvalue weighted by atomic mass is 16.5. The fourth-order valence-electron chi connectivity index (χ4n) is 3.09. The fraction of sp³-hybridized carbons (Fsp3) is 0.350. The molecule has 0 aromatic heterocycles. The molecule has 1 fully saturated rings. The third-order valence-corrected chi connectivity index (χ3v) is 4.53. The molecule has 2 aromatic carbocycles. The summed E-state index contributed by atoms with van der Waals surface area (Å²) in [6, 6.07) is 12.2. The molecule has 0 amide bonds. The van der Waals surface area contributed by atoms with Crippen LogP contribution in [0.3, 0.4) is 0 Å². The molecule has 5 nitrogen and oxygen atoms in total. The molecule has 0 atom stereocenters. The van der Waals surface area contributed by atoms with Crippen molar-refractivity contribution in [1.82, 2.24) is 4.90 Å². The van der Waals surface area contributed by atoms with Crippen LogP contribution in [0.1, 0.15) is 35.2 Å². The molecule has 1 heterocycles. The second kappa shape index (κ2) is 8.03. The lowest BCUT2D eigenvalue weighted by molar-refractivity contribution is 0.103. The number of carbonyl (C=O) groups excluding carboxylic acids is 1. The molecule has 0 bridgehead atoms. The summed E-state index contributed by atoms with van der Waals surface area (Å²) in [4.78, 5) is 15.1. The van der Waals surface area contributed by atoms with Crippen LogP contribution in [0.15, 0.2) is 42.5 Å². The molecule has 5 heteroatoms. The van der Waals surface area contributed by atoms with Crippen LogP contribution in [-0.4, -0.2) is 36.9 Å². The summed E-state index contributed by atoms with van der Waals surface area (Å²) in [5.41, 5.74) is 13.5. The minimum absolute atomic E-state index is 0.0887. The minimum atomic E-state index is -0.0887. The van der Waals surface area contributed by atoms with Crippen LogP contribution in [0.4, 0.5) is 11.4 Å². The maximum Gasteiger partial charge on any atom is 0.193 e. The first-order valence-corrected chi connectivity index (χ1v) is 8.78. The van der Waals surface area contributed by atoms with Crippen LogP contribution in [0.2, 0.25) is 0 Å². The van der Waals surface area contributed by atoms with E-state index in [9.17, 15) is 4.79 Å². The van der Waals surface area contributed by atoms with Gasteiger partial charge in [0, 0.05) is 17.7 Å². The second-order valence-electron chi connectivity index (χ2n) is 6.45. The molecule has 0 aliphatic carbocycles. The van der Waals surface area contributed by atoms with Crippen molar-refractivity contribution in [3.8, 4) is 5.75 Å². The number of nitrogens with zero attached hydrogens (tertiary/aromatic N) is 1. The van der Waals surface area contributed by atoms with Gasteiger partial charge in [0.25, 0.3) is 0 Å². The molecule has 4 N–H and O–H groups in total.